The molecule has 0 radical (unpaired) electrons. The van der Waals surface area contributed by atoms with Crippen LogP contribution in [-0.2, 0) is 0 Å². The summed E-state index contributed by atoms with van der Waals surface area (Å²) in [6.45, 7) is 1.63. The molecule has 5 nitrogen and oxygen atoms in total. The fourth-order valence-corrected chi connectivity index (χ4v) is 2.11. The second kappa shape index (κ2) is 5.61. The topological polar surface area (TPSA) is 74.2 Å². The number of rotatable bonds is 3. The Bertz CT molecular complexity index is 525. The van der Waals surface area contributed by atoms with Gasteiger partial charge in [0.1, 0.15) is 0 Å². The van der Waals surface area contributed by atoms with Crippen molar-refractivity contribution in [3.05, 3.63) is 41.4 Å². The number of aliphatic hydroxyl groups is 1. The number of anilines is 2. The fourth-order valence-electron chi connectivity index (χ4n) is 1.32. The highest BCUT2D eigenvalue weighted by Gasteiger charge is 2.09. The van der Waals surface area contributed by atoms with Gasteiger partial charge in [-0.05, 0) is 19.1 Å². The van der Waals surface area contributed by atoms with Crippen molar-refractivity contribution < 1.29 is 9.90 Å². The third-order valence-corrected chi connectivity index (χ3v) is 2.98. The minimum absolute atomic E-state index is 0.354. The quantitative estimate of drug-likeness (QED) is 0.797. The first kappa shape index (κ1) is 12.5. The third-order valence-electron chi connectivity index (χ3n) is 2.20. The van der Waals surface area contributed by atoms with Crippen molar-refractivity contribution in [3.63, 3.8) is 0 Å². The van der Waals surface area contributed by atoms with Crippen LogP contribution in [0.4, 0.5) is 15.6 Å². The Morgan fingerprint density at radius 3 is 2.67 bits per heavy atom. The maximum Gasteiger partial charge on any atom is 0.325 e. The Morgan fingerprint density at radius 1 is 1.33 bits per heavy atom. The average molecular weight is 263 g/mol. The molecule has 1 unspecified atom stereocenters. The first-order valence-electron chi connectivity index (χ1n) is 5.41. The largest absolute Gasteiger partial charge is 0.387 e. The van der Waals surface area contributed by atoms with Crippen molar-refractivity contribution in [3.8, 4) is 0 Å². The lowest BCUT2D eigenvalue weighted by atomic mass is 10.3. The Labute approximate surface area is 108 Å². The van der Waals surface area contributed by atoms with Gasteiger partial charge in [-0.15, -0.1) is 11.3 Å². The number of hydrogen-bond donors (Lipinski definition) is 3. The van der Waals surface area contributed by atoms with Gasteiger partial charge in [-0.25, -0.2) is 9.78 Å². The van der Waals surface area contributed by atoms with E-state index in [4.69, 9.17) is 0 Å². The minimum Gasteiger partial charge on any atom is -0.387 e. The molecule has 2 amide bonds. The van der Waals surface area contributed by atoms with Crippen LogP contribution in [0.3, 0.4) is 0 Å². The highest BCUT2D eigenvalue weighted by atomic mass is 32.1. The molecule has 0 saturated carbocycles. The molecule has 1 aromatic carbocycles. The van der Waals surface area contributed by atoms with Crippen molar-refractivity contribution in [1.82, 2.24) is 4.98 Å². The predicted molar refractivity (Wildman–Crippen MR) is 71.8 cm³/mol. The number of carbonyl (C=O) groups is 1. The van der Waals surface area contributed by atoms with E-state index in [0.29, 0.717) is 16.5 Å². The van der Waals surface area contributed by atoms with Gasteiger partial charge in [0.05, 0.1) is 11.8 Å². The van der Waals surface area contributed by atoms with Crippen LogP contribution in [0.5, 0.6) is 0 Å². The van der Waals surface area contributed by atoms with Crippen LogP contribution in [-0.4, -0.2) is 16.1 Å². The number of para-hydroxylation sites is 1. The van der Waals surface area contributed by atoms with E-state index in [0.717, 1.165) is 0 Å². The van der Waals surface area contributed by atoms with Gasteiger partial charge in [0, 0.05) is 11.1 Å². The number of carbonyl (C=O) groups excluding carboxylic acids is 1. The molecule has 94 valence electrons. The minimum atomic E-state index is -0.631. The van der Waals surface area contributed by atoms with Crippen LogP contribution in [0.2, 0.25) is 0 Å². The van der Waals surface area contributed by atoms with Crippen molar-refractivity contribution in [1.29, 1.82) is 0 Å². The SMILES string of the molecule is CC(O)c1csc(NC(=O)Nc2ccccc2)n1. The van der Waals surface area contributed by atoms with E-state index >= 15 is 0 Å². The van der Waals surface area contributed by atoms with E-state index in [1.807, 2.05) is 18.2 Å². The molecule has 0 aliphatic carbocycles. The van der Waals surface area contributed by atoms with Crippen LogP contribution in [0.15, 0.2) is 35.7 Å². The van der Waals surface area contributed by atoms with Gasteiger partial charge in [-0.2, -0.15) is 0 Å². The summed E-state index contributed by atoms with van der Waals surface area (Å²) in [6.07, 6.45) is -0.631. The molecule has 3 N–H and O–H groups in total. The summed E-state index contributed by atoms with van der Waals surface area (Å²) in [5.74, 6) is 0. The monoisotopic (exact) mass is 263 g/mol. The summed E-state index contributed by atoms with van der Waals surface area (Å²) in [4.78, 5) is 15.7. The van der Waals surface area contributed by atoms with Gasteiger partial charge in [0.2, 0.25) is 0 Å². The van der Waals surface area contributed by atoms with Gasteiger partial charge in [-0.3, -0.25) is 5.32 Å². The number of urea groups is 1. The highest BCUT2D eigenvalue weighted by Crippen LogP contribution is 2.20. The number of nitrogens with zero attached hydrogens (tertiary/aromatic N) is 1. The van der Waals surface area contributed by atoms with Crippen LogP contribution in [0.25, 0.3) is 0 Å². The molecule has 0 bridgehead atoms. The van der Waals surface area contributed by atoms with Gasteiger partial charge in [0.15, 0.2) is 5.13 Å². The molecule has 0 aliphatic heterocycles. The number of thiazole rings is 1. The Morgan fingerprint density at radius 2 is 2.06 bits per heavy atom. The molecular formula is C12H13N3O2S. The summed E-state index contributed by atoms with van der Waals surface area (Å²) < 4.78 is 0. The first-order chi connectivity index (χ1) is 8.65. The van der Waals surface area contributed by atoms with Gasteiger partial charge < -0.3 is 10.4 Å². The summed E-state index contributed by atoms with van der Waals surface area (Å²) >= 11 is 1.27. The molecule has 1 heterocycles. The molecule has 2 aromatic rings. The standard InChI is InChI=1S/C12H13N3O2S/c1-8(16)10-7-18-12(14-10)15-11(17)13-9-5-3-2-4-6-9/h2-8,16H,1H3,(H2,13,14,15,17). The summed E-state index contributed by atoms with van der Waals surface area (Å²) in [5.41, 5.74) is 1.26. The second-order valence-corrected chi connectivity index (χ2v) is 4.56. The van der Waals surface area contributed by atoms with Crippen molar-refractivity contribution in [2.75, 3.05) is 10.6 Å². The summed E-state index contributed by atoms with van der Waals surface area (Å²) in [6, 6.07) is 8.78. The zero-order valence-corrected chi connectivity index (χ0v) is 10.6. The van der Waals surface area contributed by atoms with E-state index in [-0.39, 0.29) is 6.03 Å². The average Bonchev–Trinajstić information content (AvgIpc) is 2.78. The lowest BCUT2D eigenvalue weighted by Gasteiger charge is -2.04. The van der Waals surface area contributed by atoms with E-state index in [1.54, 1.807) is 24.4 Å². The molecule has 6 heteroatoms. The number of aliphatic hydroxyl groups excluding tert-OH is 1. The van der Waals surface area contributed by atoms with Gasteiger partial charge in [-0.1, -0.05) is 18.2 Å². The highest BCUT2D eigenvalue weighted by molar-refractivity contribution is 7.13. The fraction of sp³-hybridized carbons (Fsp3) is 0.167. The normalized spacial score (nSPS) is 11.9. The molecule has 0 spiro atoms. The predicted octanol–water partition coefficient (Wildman–Crippen LogP) is 2.84. The smallest absolute Gasteiger partial charge is 0.325 e. The van der Waals surface area contributed by atoms with Crippen LogP contribution in [0.1, 0.15) is 18.7 Å². The van der Waals surface area contributed by atoms with Gasteiger partial charge in [0.25, 0.3) is 0 Å². The zero-order valence-electron chi connectivity index (χ0n) is 9.75. The van der Waals surface area contributed by atoms with Crippen LogP contribution >= 0.6 is 11.3 Å². The van der Waals surface area contributed by atoms with E-state index in [2.05, 4.69) is 15.6 Å². The third kappa shape index (κ3) is 3.28. The van der Waals surface area contributed by atoms with Crippen molar-refractivity contribution >= 4 is 28.2 Å². The van der Waals surface area contributed by atoms with E-state index in [9.17, 15) is 9.90 Å². The molecule has 1 atom stereocenters. The lowest BCUT2D eigenvalue weighted by Crippen LogP contribution is -2.19. The lowest BCUT2D eigenvalue weighted by molar-refractivity contribution is 0.195. The van der Waals surface area contributed by atoms with Crippen LogP contribution in [0, 0.1) is 0 Å². The van der Waals surface area contributed by atoms with E-state index in [1.165, 1.54) is 11.3 Å². The molecular weight excluding hydrogens is 250 g/mol. The van der Waals surface area contributed by atoms with Crippen LogP contribution < -0.4 is 10.6 Å². The van der Waals surface area contributed by atoms with E-state index < -0.39 is 6.10 Å². The maximum absolute atomic E-state index is 11.6. The molecule has 1 aromatic heterocycles. The maximum atomic E-state index is 11.6. The molecule has 0 fully saturated rings. The Hall–Kier alpha value is -1.92. The zero-order chi connectivity index (χ0) is 13.0. The van der Waals surface area contributed by atoms with Gasteiger partial charge >= 0.3 is 6.03 Å². The molecule has 18 heavy (non-hydrogen) atoms. The number of nitrogens with one attached hydrogen (secondary N) is 2. The Kier molecular flexibility index (Phi) is 3.91. The molecule has 2 rings (SSSR count). The number of amides is 2. The number of hydrogen-bond acceptors (Lipinski definition) is 4. The molecule has 0 saturated heterocycles. The van der Waals surface area contributed by atoms with Crippen molar-refractivity contribution in [2.45, 2.75) is 13.0 Å². The molecule has 0 aliphatic rings. The summed E-state index contributed by atoms with van der Waals surface area (Å²) in [7, 11) is 0. The Balaban J connectivity index is 1.95. The van der Waals surface area contributed by atoms with Crippen molar-refractivity contribution in [2.24, 2.45) is 0 Å². The number of benzene rings is 1. The summed E-state index contributed by atoms with van der Waals surface area (Å²) in [5, 5.41) is 16.8. The first-order valence-corrected chi connectivity index (χ1v) is 6.29. The number of aromatic nitrogens is 1. The second-order valence-electron chi connectivity index (χ2n) is 3.70.